The average Bonchev–Trinajstić information content (AvgIpc) is 3.42. The monoisotopic (exact) mass is 539 g/mol. The molecular formula is C34H29N5O2. The number of fused-ring (bicyclic) bond motifs is 2. The van der Waals surface area contributed by atoms with Gasteiger partial charge in [-0.1, -0.05) is 72.8 Å². The molecule has 3 aromatic carbocycles. The van der Waals surface area contributed by atoms with Crippen LogP contribution in [0.25, 0.3) is 44.6 Å². The molecule has 0 radical (unpaired) electrons. The van der Waals surface area contributed by atoms with E-state index in [1.165, 1.54) is 12.0 Å². The number of nitrogens with zero attached hydrogens (tertiary/aromatic N) is 4. The van der Waals surface area contributed by atoms with Crippen molar-refractivity contribution in [3.05, 3.63) is 125 Å². The topological polar surface area (TPSA) is 85.2 Å². The Morgan fingerprint density at radius 3 is 2.37 bits per heavy atom. The second-order valence-electron chi connectivity index (χ2n) is 10.3. The Hall–Kier alpha value is -4.88. The van der Waals surface area contributed by atoms with Gasteiger partial charge in [0.15, 0.2) is 5.65 Å². The van der Waals surface area contributed by atoms with Crippen LogP contribution in [0.5, 0.6) is 0 Å². The molecule has 0 atom stereocenters. The first-order valence-electron chi connectivity index (χ1n) is 14.0. The second kappa shape index (κ2) is 10.9. The Morgan fingerprint density at radius 1 is 0.805 bits per heavy atom. The molecule has 0 saturated carbocycles. The highest BCUT2D eigenvalue weighted by Crippen LogP contribution is 2.36. The van der Waals surface area contributed by atoms with Gasteiger partial charge in [0.1, 0.15) is 0 Å². The van der Waals surface area contributed by atoms with Crippen LogP contribution < -0.4 is 5.56 Å². The van der Waals surface area contributed by atoms with Crippen molar-refractivity contribution in [2.24, 2.45) is 0 Å². The summed E-state index contributed by atoms with van der Waals surface area (Å²) in [6.07, 6.45) is 9.89. The van der Waals surface area contributed by atoms with Crippen molar-refractivity contribution in [3.8, 4) is 22.4 Å². The molecule has 7 rings (SSSR count). The van der Waals surface area contributed by atoms with Crippen LogP contribution in [-0.4, -0.2) is 24.6 Å². The highest BCUT2D eigenvalue weighted by atomic mass is 16.5. The van der Waals surface area contributed by atoms with Crippen molar-refractivity contribution < 1.29 is 4.74 Å². The molecule has 3 aromatic heterocycles. The first kappa shape index (κ1) is 25.1. The Balaban J connectivity index is 1.44. The van der Waals surface area contributed by atoms with Crippen LogP contribution in [-0.2, 0) is 18.0 Å². The lowest BCUT2D eigenvalue weighted by Gasteiger charge is -2.14. The molecule has 1 aliphatic carbocycles. The predicted molar refractivity (Wildman–Crippen MR) is 161 cm³/mol. The molecule has 202 valence electrons. The van der Waals surface area contributed by atoms with Crippen molar-refractivity contribution in [1.82, 2.24) is 24.6 Å². The van der Waals surface area contributed by atoms with Gasteiger partial charge in [0.2, 0.25) is 0 Å². The quantitative estimate of drug-likeness (QED) is 0.237. The zero-order valence-corrected chi connectivity index (χ0v) is 22.6. The highest BCUT2D eigenvalue weighted by molar-refractivity contribution is 5.88. The SMILES string of the molecule is O=c1c(-c2ccc3nccnc3c2)c(COCc2ccccc2)nc2c(C3=CCCCC3)c(-c3ccccc3)[nH]n12. The molecule has 1 N–H and O–H groups in total. The molecule has 0 saturated heterocycles. The van der Waals surface area contributed by atoms with Crippen LogP contribution in [0.15, 0.2) is 102 Å². The maximum atomic E-state index is 14.4. The largest absolute Gasteiger partial charge is 0.370 e. The summed E-state index contributed by atoms with van der Waals surface area (Å²) in [6, 6.07) is 25.9. The molecule has 0 fully saturated rings. The van der Waals surface area contributed by atoms with Gasteiger partial charge in [-0.15, -0.1) is 0 Å². The predicted octanol–water partition coefficient (Wildman–Crippen LogP) is 6.97. The molecule has 7 nitrogen and oxygen atoms in total. The normalized spacial score (nSPS) is 13.5. The number of nitrogens with one attached hydrogen (secondary N) is 1. The van der Waals surface area contributed by atoms with E-state index in [0.717, 1.165) is 58.2 Å². The maximum absolute atomic E-state index is 14.4. The van der Waals surface area contributed by atoms with Crippen molar-refractivity contribution in [1.29, 1.82) is 0 Å². The van der Waals surface area contributed by atoms with Gasteiger partial charge in [-0.25, -0.2) is 4.98 Å². The molecular weight excluding hydrogens is 510 g/mol. The minimum absolute atomic E-state index is 0.170. The Labute approximate surface area is 237 Å². The van der Waals surface area contributed by atoms with Crippen molar-refractivity contribution in [3.63, 3.8) is 0 Å². The molecule has 1 aliphatic rings. The van der Waals surface area contributed by atoms with E-state index in [-0.39, 0.29) is 12.2 Å². The van der Waals surface area contributed by atoms with Crippen molar-refractivity contribution >= 4 is 22.3 Å². The van der Waals surface area contributed by atoms with Crippen LogP contribution >= 0.6 is 0 Å². The summed E-state index contributed by atoms with van der Waals surface area (Å²) in [5.41, 5.74) is 8.98. The third-order valence-electron chi connectivity index (χ3n) is 7.64. The summed E-state index contributed by atoms with van der Waals surface area (Å²) < 4.78 is 7.77. The number of aromatic amines is 1. The number of hydrogen-bond acceptors (Lipinski definition) is 5. The summed E-state index contributed by atoms with van der Waals surface area (Å²) in [7, 11) is 0. The van der Waals surface area contributed by atoms with E-state index in [1.807, 2.05) is 66.7 Å². The van der Waals surface area contributed by atoms with Gasteiger partial charge in [0, 0.05) is 23.5 Å². The number of benzene rings is 3. The minimum Gasteiger partial charge on any atom is -0.370 e. The first-order chi connectivity index (χ1) is 20.3. The van der Waals surface area contributed by atoms with Gasteiger partial charge < -0.3 is 4.74 Å². The van der Waals surface area contributed by atoms with Gasteiger partial charge in [0.05, 0.1) is 41.2 Å². The lowest BCUT2D eigenvalue weighted by Crippen LogP contribution is -2.21. The van der Waals surface area contributed by atoms with Gasteiger partial charge in [-0.05, 0) is 54.5 Å². The van der Waals surface area contributed by atoms with E-state index in [4.69, 9.17) is 9.72 Å². The van der Waals surface area contributed by atoms with Crippen LogP contribution in [0.3, 0.4) is 0 Å². The van der Waals surface area contributed by atoms with Gasteiger partial charge in [0.25, 0.3) is 5.56 Å². The Kier molecular flexibility index (Phi) is 6.70. The zero-order chi connectivity index (χ0) is 27.6. The number of H-pyrrole nitrogens is 1. The summed E-state index contributed by atoms with van der Waals surface area (Å²) in [5.74, 6) is 0. The molecule has 41 heavy (non-hydrogen) atoms. The Morgan fingerprint density at radius 2 is 1.59 bits per heavy atom. The lowest BCUT2D eigenvalue weighted by molar-refractivity contribution is 0.105. The van der Waals surface area contributed by atoms with E-state index < -0.39 is 0 Å². The third kappa shape index (κ3) is 4.85. The van der Waals surface area contributed by atoms with Gasteiger partial charge in [-0.2, -0.15) is 4.52 Å². The molecule has 0 unspecified atom stereocenters. The highest BCUT2D eigenvalue weighted by Gasteiger charge is 2.24. The van der Waals surface area contributed by atoms with Crippen molar-refractivity contribution in [2.45, 2.75) is 38.9 Å². The fourth-order valence-electron chi connectivity index (χ4n) is 5.65. The summed E-state index contributed by atoms with van der Waals surface area (Å²) >= 11 is 0. The number of rotatable bonds is 7. The summed E-state index contributed by atoms with van der Waals surface area (Å²) in [6.45, 7) is 0.615. The molecule has 0 bridgehead atoms. The summed E-state index contributed by atoms with van der Waals surface area (Å²) in [4.78, 5) is 28.4. The minimum atomic E-state index is -0.170. The van der Waals surface area contributed by atoms with Crippen LogP contribution in [0.4, 0.5) is 0 Å². The standard InChI is InChI=1S/C34H29N5O2/c40-34-30(26-16-17-27-28(20-26)36-19-18-35-27)29(22-41-21-23-10-4-1-5-11-23)37-33-31(24-12-6-2-7-13-24)32(38-39(33)34)25-14-8-3-9-15-25/h1,3-5,8-12,14-20,38H,2,6-7,13,21-22H2. The van der Waals surface area contributed by atoms with Gasteiger partial charge in [-0.3, -0.25) is 19.9 Å². The first-order valence-corrected chi connectivity index (χ1v) is 14.0. The van der Waals surface area contributed by atoms with Crippen LogP contribution in [0.2, 0.25) is 0 Å². The van der Waals surface area contributed by atoms with Crippen LogP contribution in [0, 0.1) is 0 Å². The number of ether oxygens (including phenoxy) is 1. The second-order valence-corrected chi connectivity index (χ2v) is 10.3. The molecule has 6 aromatic rings. The van der Waals surface area contributed by atoms with Crippen molar-refractivity contribution in [2.75, 3.05) is 0 Å². The molecule has 0 aliphatic heterocycles. The Bertz CT molecular complexity index is 1940. The molecule has 3 heterocycles. The zero-order valence-electron chi connectivity index (χ0n) is 22.6. The third-order valence-corrected chi connectivity index (χ3v) is 7.64. The van der Waals surface area contributed by atoms with Gasteiger partial charge >= 0.3 is 0 Å². The maximum Gasteiger partial charge on any atom is 0.280 e. The van der Waals surface area contributed by atoms with E-state index in [2.05, 4.69) is 33.3 Å². The molecule has 7 heteroatoms. The number of allylic oxidation sites excluding steroid dienone is 2. The smallest absolute Gasteiger partial charge is 0.280 e. The molecule has 0 spiro atoms. The lowest BCUT2D eigenvalue weighted by atomic mass is 9.92. The fraction of sp³-hybridized carbons (Fsp3) is 0.176. The van der Waals surface area contributed by atoms with Crippen LogP contribution in [0.1, 0.15) is 42.5 Å². The van der Waals surface area contributed by atoms with E-state index >= 15 is 0 Å². The fourth-order valence-corrected chi connectivity index (χ4v) is 5.65. The van der Waals surface area contributed by atoms with E-state index in [9.17, 15) is 4.79 Å². The number of aromatic nitrogens is 5. The summed E-state index contributed by atoms with van der Waals surface area (Å²) in [5, 5.41) is 3.43. The van der Waals surface area contributed by atoms with E-state index in [0.29, 0.717) is 23.5 Å². The molecule has 0 amide bonds. The van der Waals surface area contributed by atoms with E-state index in [1.54, 1.807) is 16.9 Å². The number of hydrogen-bond donors (Lipinski definition) is 1. The average molecular weight is 540 g/mol.